The Labute approximate surface area is 170 Å². The van der Waals surface area contributed by atoms with Crippen molar-refractivity contribution < 1.29 is 4.74 Å². The molecule has 138 valence electrons. The second-order valence-electron chi connectivity index (χ2n) is 5.46. The van der Waals surface area contributed by atoms with E-state index in [1.165, 1.54) is 22.8 Å². The number of hydrogen-bond acceptors (Lipinski definition) is 5. The average molecular weight is 471 g/mol. The van der Waals surface area contributed by atoms with Gasteiger partial charge in [-0.1, -0.05) is 23.2 Å². The molecule has 3 rings (SSSR count). The number of rotatable bonds is 4. The molecule has 2 aromatic heterocycles. The van der Waals surface area contributed by atoms with Crippen LogP contribution in [0.1, 0.15) is 17.1 Å². The van der Waals surface area contributed by atoms with Gasteiger partial charge in [-0.15, -0.1) is 0 Å². The summed E-state index contributed by atoms with van der Waals surface area (Å²) < 4.78 is 7.26. The molecule has 0 radical (unpaired) electrons. The van der Waals surface area contributed by atoms with Crippen LogP contribution in [0.3, 0.4) is 0 Å². The van der Waals surface area contributed by atoms with Crippen LogP contribution in [-0.4, -0.2) is 19.7 Å². The topological polar surface area (TPSA) is 117 Å². The largest absolute Gasteiger partial charge is 0.450 e. The van der Waals surface area contributed by atoms with Crippen LogP contribution in [0.2, 0.25) is 10.0 Å². The van der Waals surface area contributed by atoms with E-state index in [9.17, 15) is 9.59 Å². The molecule has 0 saturated carbocycles. The molecule has 2 N–H and O–H groups in total. The number of hydrogen-bond donors (Lipinski definition) is 2. The lowest BCUT2D eigenvalue weighted by atomic mass is 10.2. The SMILES string of the molecule is Cn1c(Cc2[nH]c(=O)c(Oc3cc(Cl)cc(C#N)c3)c(Cl)c2Br)n[nH]c1=O. The first kappa shape index (κ1) is 19.2. The highest BCUT2D eigenvalue weighted by Gasteiger charge is 2.19. The number of benzene rings is 1. The number of nitrogens with one attached hydrogen (secondary N) is 2. The molecular formula is C16H10BrCl2N5O3. The number of nitriles is 1. The number of H-pyrrole nitrogens is 2. The van der Waals surface area contributed by atoms with Gasteiger partial charge in [0.05, 0.1) is 16.1 Å². The number of halogens is 3. The van der Waals surface area contributed by atoms with E-state index in [0.29, 0.717) is 16.0 Å². The average Bonchev–Trinajstić information content (AvgIpc) is 2.94. The maximum atomic E-state index is 12.5. The van der Waals surface area contributed by atoms with E-state index in [2.05, 4.69) is 31.1 Å². The van der Waals surface area contributed by atoms with Crippen LogP contribution in [-0.2, 0) is 13.5 Å². The molecule has 0 atom stereocenters. The van der Waals surface area contributed by atoms with E-state index in [1.54, 1.807) is 7.05 Å². The smallest absolute Gasteiger partial charge is 0.343 e. The molecule has 27 heavy (non-hydrogen) atoms. The second-order valence-corrected chi connectivity index (χ2v) is 7.07. The normalized spacial score (nSPS) is 10.6. The summed E-state index contributed by atoms with van der Waals surface area (Å²) in [6, 6.07) is 6.30. The molecule has 11 heteroatoms. The molecule has 0 amide bonds. The lowest BCUT2D eigenvalue weighted by Crippen LogP contribution is -2.17. The van der Waals surface area contributed by atoms with Gasteiger partial charge >= 0.3 is 5.69 Å². The van der Waals surface area contributed by atoms with Gasteiger partial charge in [-0.2, -0.15) is 10.4 Å². The highest BCUT2D eigenvalue weighted by Crippen LogP contribution is 2.35. The summed E-state index contributed by atoms with van der Waals surface area (Å²) in [5.74, 6) is 0.449. The van der Waals surface area contributed by atoms with Crippen molar-refractivity contribution in [2.45, 2.75) is 6.42 Å². The number of pyridine rings is 1. The van der Waals surface area contributed by atoms with Crippen molar-refractivity contribution in [1.29, 1.82) is 5.26 Å². The molecule has 0 spiro atoms. The van der Waals surface area contributed by atoms with Gasteiger partial charge in [-0.25, -0.2) is 9.89 Å². The first-order valence-corrected chi connectivity index (χ1v) is 8.94. The van der Waals surface area contributed by atoms with Crippen molar-refractivity contribution in [1.82, 2.24) is 19.7 Å². The summed E-state index contributed by atoms with van der Waals surface area (Å²) in [7, 11) is 1.55. The van der Waals surface area contributed by atoms with Gasteiger partial charge < -0.3 is 9.72 Å². The fourth-order valence-electron chi connectivity index (χ4n) is 2.29. The Morgan fingerprint density at radius 3 is 2.70 bits per heavy atom. The van der Waals surface area contributed by atoms with E-state index in [-0.39, 0.29) is 39.2 Å². The molecule has 1 aromatic carbocycles. The highest BCUT2D eigenvalue weighted by atomic mass is 79.9. The summed E-state index contributed by atoms with van der Waals surface area (Å²) in [5, 5.41) is 15.5. The second kappa shape index (κ2) is 7.60. The predicted molar refractivity (Wildman–Crippen MR) is 103 cm³/mol. The van der Waals surface area contributed by atoms with E-state index in [1.807, 2.05) is 6.07 Å². The molecule has 0 saturated heterocycles. The molecule has 2 heterocycles. The van der Waals surface area contributed by atoms with E-state index >= 15 is 0 Å². The molecule has 0 bridgehead atoms. The van der Waals surface area contributed by atoms with Crippen molar-refractivity contribution in [3.63, 3.8) is 0 Å². The summed E-state index contributed by atoms with van der Waals surface area (Å²) in [5.41, 5.74) is -0.260. The van der Waals surface area contributed by atoms with Gasteiger partial charge in [0.25, 0.3) is 5.56 Å². The fraction of sp³-hybridized carbons (Fsp3) is 0.125. The number of ether oxygens (including phenoxy) is 1. The van der Waals surface area contributed by atoms with Crippen LogP contribution < -0.4 is 16.0 Å². The molecule has 0 aliphatic carbocycles. The predicted octanol–water partition coefficient (Wildman–Crippen LogP) is 3.12. The molecule has 0 fully saturated rings. The highest BCUT2D eigenvalue weighted by molar-refractivity contribution is 9.10. The Morgan fingerprint density at radius 1 is 1.33 bits per heavy atom. The molecular weight excluding hydrogens is 461 g/mol. The minimum Gasteiger partial charge on any atom is -0.450 e. The molecule has 8 nitrogen and oxygen atoms in total. The zero-order chi connectivity index (χ0) is 19.7. The minimum atomic E-state index is -0.586. The first-order chi connectivity index (χ1) is 12.8. The minimum absolute atomic E-state index is 0.0350. The van der Waals surface area contributed by atoms with Gasteiger partial charge in [-0.3, -0.25) is 9.36 Å². The van der Waals surface area contributed by atoms with Crippen molar-refractivity contribution in [2.75, 3.05) is 0 Å². The number of nitrogens with zero attached hydrogens (tertiary/aromatic N) is 3. The van der Waals surface area contributed by atoms with Crippen LogP contribution in [0.4, 0.5) is 0 Å². The zero-order valence-electron chi connectivity index (χ0n) is 13.6. The Kier molecular flexibility index (Phi) is 5.41. The zero-order valence-corrected chi connectivity index (χ0v) is 16.7. The third-order valence-electron chi connectivity index (χ3n) is 3.66. The van der Waals surface area contributed by atoms with Crippen LogP contribution in [0, 0.1) is 11.3 Å². The van der Waals surface area contributed by atoms with Crippen LogP contribution >= 0.6 is 39.1 Å². The van der Waals surface area contributed by atoms with Crippen LogP contribution in [0.5, 0.6) is 11.5 Å². The lowest BCUT2D eigenvalue weighted by Gasteiger charge is -2.11. The monoisotopic (exact) mass is 469 g/mol. The summed E-state index contributed by atoms with van der Waals surface area (Å²) in [6.07, 6.45) is 0.154. The van der Waals surface area contributed by atoms with Crippen LogP contribution in [0.25, 0.3) is 0 Å². The lowest BCUT2D eigenvalue weighted by molar-refractivity contribution is 0.474. The summed E-state index contributed by atoms with van der Waals surface area (Å²) in [6.45, 7) is 0. The van der Waals surface area contributed by atoms with Crippen LogP contribution in [0.15, 0.2) is 32.3 Å². The first-order valence-electron chi connectivity index (χ1n) is 7.39. The van der Waals surface area contributed by atoms with E-state index in [4.69, 9.17) is 33.2 Å². The van der Waals surface area contributed by atoms with Crippen molar-refractivity contribution in [3.05, 3.63) is 70.6 Å². The van der Waals surface area contributed by atoms with Gasteiger partial charge in [0.1, 0.15) is 16.6 Å². The molecule has 0 unspecified atom stereocenters. The van der Waals surface area contributed by atoms with Gasteiger partial charge in [-0.05, 0) is 34.1 Å². The Morgan fingerprint density at radius 2 is 2.07 bits per heavy atom. The molecule has 0 aliphatic heterocycles. The maximum Gasteiger partial charge on any atom is 0.343 e. The van der Waals surface area contributed by atoms with Gasteiger partial charge in [0, 0.05) is 24.2 Å². The number of aromatic amines is 2. The van der Waals surface area contributed by atoms with E-state index in [0.717, 1.165) is 0 Å². The Hall–Kier alpha value is -2.54. The molecule has 0 aliphatic rings. The summed E-state index contributed by atoms with van der Waals surface area (Å²) >= 11 is 15.6. The third-order valence-corrected chi connectivity index (χ3v) is 5.34. The number of aromatic nitrogens is 4. The van der Waals surface area contributed by atoms with Crippen molar-refractivity contribution in [2.24, 2.45) is 7.05 Å². The summed E-state index contributed by atoms with van der Waals surface area (Å²) in [4.78, 5) is 26.6. The van der Waals surface area contributed by atoms with Crippen molar-refractivity contribution in [3.8, 4) is 17.6 Å². The van der Waals surface area contributed by atoms with E-state index < -0.39 is 5.56 Å². The quantitative estimate of drug-likeness (QED) is 0.607. The molecule has 3 aromatic rings. The van der Waals surface area contributed by atoms with Crippen molar-refractivity contribution >= 4 is 39.1 Å². The maximum absolute atomic E-state index is 12.5. The fourth-order valence-corrected chi connectivity index (χ4v) is 3.18. The Balaban J connectivity index is 1.99. The standard InChI is InChI=1S/C16H10BrCl2N5O3/c1-24-11(22-23-16(24)26)5-10-12(17)13(19)14(15(25)21-10)27-9-3-7(6-20)2-8(18)4-9/h2-4H,5H2,1H3,(H,21,25)(H,23,26). The Bertz CT molecular complexity index is 1190. The van der Waals surface area contributed by atoms with Gasteiger partial charge in [0.2, 0.25) is 5.75 Å². The van der Waals surface area contributed by atoms with Gasteiger partial charge in [0.15, 0.2) is 0 Å². The third kappa shape index (κ3) is 3.93.